The van der Waals surface area contributed by atoms with E-state index in [2.05, 4.69) is 5.32 Å². The van der Waals surface area contributed by atoms with Crippen LogP contribution in [0.15, 0.2) is 30.3 Å². The lowest BCUT2D eigenvalue weighted by Crippen LogP contribution is -2.33. The summed E-state index contributed by atoms with van der Waals surface area (Å²) in [6.45, 7) is 1.86. The summed E-state index contributed by atoms with van der Waals surface area (Å²) < 4.78 is 12.9. The molecule has 0 radical (unpaired) electrons. The molecule has 1 aromatic rings. The lowest BCUT2D eigenvalue weighted by Gasteiger charge is -2.12. The molecule has 0 spiro atoms. The minimum atomic E-state index is -1.36. The molecule has 0 saturated heterocycles. The molecule has 2 unspecified atom stereocenters. The highest BCUT2D eigenvalue weighted by molar-refractivity contribution is 5.14. The first-order chi connectivity index (χ1) is 6.20. The molecule has 0 heterocycles. The van der Waals surface area contributed by atoms with Gasteiger partial charge >= 0.3 is 0 Å². The predicted molar refractivity (Wildman–Crippen MR) is 49.9 cm³/mol. The minimum Gasteiger partial charge on any atom is -0.389 e. The number of hydrogen-bond acceptors (Lipinski definition) is 2. The third-order valence-electron chi connectivity index (χ3n) is 1.77. The summed E-state index contributed by atoms with van der Waals surface area (Å²) >= 11 is 0. The Morgan fingerprint density at radius 1 is 1.38 bits per heavy atom. The molecule has 1 rings (SSSR count). The van der Waals surface area contributed by atoms with Crippen LogP contribution in [-0.2, 0) is 6.54 Å². The van der Waals surface area contributed by atoms with Gasteiger partial charge in [-0.25, -0.2) is 4.39 Å². The highest BCUT2D eigenvalue weighted by Gasteiger charge is 2.11. The number of halogens is 1. The Kier molecular flexibility index (Phi) is 3.86. The van der Waals surface area contributed by atoms with Gasteiger partial charge in [-0.2, -0.15) is 0 Å². The molecule has 2 nitrogen and oxygen atoms in total. The first-order valence-electron chi connectivity index (χ1n) is 4.29. The summed E-state index contributed by atoms with van der Waals surface area (Å²) in [6.07, 6.45) is -2.33. The first-order valence-corrected chi connectivity index (χ1v) is 4.29. The van der Waals surface area contributed by atoms with Gasteiger partial charge < -0.3 is 5.11 Å². The average molecular weight is 183 g/mol. The molecule has 13 heavy (non-hydrogen) atoms. The van der Waals surface area contributed by atoms with Crippen LogP contribution in [0, 0.1) is 0 Å². The Morgan fingerprint density at radius 2 is 2.00 bits per heavy atom. The van der Waals surface area contributed by atoms with Crippen LogP contribution < -0.4 is 5.32 Å². The van der Waals surface area contributed by atoms with Crippen LogP contribution in [0.4, 0.5) is 4.39 Å². The second-order valence-corrected chi connectivity index (χ2v) is 3.01. The normalized spacial score (nSPS) is 15.3. The summed E-state index contributed by atoms with van der Waals surface area (Å²) in [5, 5.41) is 11.4. The molecular formula is C10H14FNO. The quantitative estimate of drug-likeness (QED) is 0.692. The second kappa shape index (κ2) is 4.94. The van der Waals surface area contributed by atoms with Gasteiger partial charge in [-0.1, -0.05) is 30.3 Å². The molecule has 0 amide bonds. The number of hydrogen-bond donors (Lipinski definition) is 2. The Bertz CT molecular complexity index is 238. The van der Waals surface area contributed by atoms with Gasteiger partial charge in [0.25, 0.3) is 0 Å². The predicted octanol–water partition coefficient (Wildman–Crippen LogP) is 1.45. The maximum absolute atomic E-state index is 12.9. The van der Waals surface area contributed by atoms with Crippen molar-refractivity contribution in [3.05, 3.63) is 35.9 Å². The van der Waals surface area contributed by atoms with Gasteiger partial charge in [0.2, 0.25) is 0 Å². The fourth-order valence-corrected chi connectivity index (χ4v) is 0.982. The zero-order valence-corrected chi connectivity index (χ0v) is 7.57. The van der Waals surface area contributed by atoms with Crippen molar-refractivity contribution in [1.82, 2.24) is 5.32 Å². The molecule has 0 aliphatic heterocycles. The zero-order valence-electron chi connectivity index (χ0n) is 7.57. The van der Waals surface area contributed by atoms with Crippen molar-refractivity contribution in [2.75, 3.05) is 0 Å². The fourth-order valence-electron chi connectivity index (χ4n) is 0.982. The van der Waals surface area contributed by atoms with Gasteiger partial charge in [0.1, 0.15) is 0 Å². The third-order valence-corrected chi connectivity index (χ3v) is 1.77. The van der Waals surface area contributed by atoms with Gasteiger partial charge in [-0.05, 0) is 12.5 Å². The monoisotopic (exact) mass is 183 g/mol. The van der Waals surface area contributed by atoms with Crippen LogP contribution in [-0.4, -0.2) is 17.5 Å². The molecule has 0 saturated carbocycles. The molecule has 0 aliphatic carbocycles. The van der Waals surface area contributed by atoms with Crippen molar-refractivity contribution in [3.8, 4) is 0 Å². The van der Waals surface area contributed by atoms with Crippen LogP contribution in [0.5, 0.6) is 0 Å². The van der Waals surface area contributed by atoms with Gasteiger partial charge in [0, 0.05) is 6.54 Å². The first kappa shape index (κ1) is 10.2. The summed E-state index contributed by atoms with van der Waals surface area (Å²) in [5.74, 6) is 0. The highest BCUT2D eigenvalue weighted by atomic mass is 19.1. The number of rotatable bonds is 4. The minimum absolute atomic E-state index is 0.437. The zero-order chi connectivity index (χ0) is 9.68. The molecule has 2 N–H and O–H groups in total. The van der Waals surface area contributed by atoms with Crippen LogP contribution >= 0.6 is 0 Å². The SMILES string of the molecule is CC(O)C(F)NCc1ccccc1. The van der Waals surface area contributed by atoms with Crippen LogP contribution in [0.3, 0.4) is 0 Å². The Balaban J connectivity index is 2.35. The van der Waals surface area contributed by atoms with E-state index in [1.807, 2.05) is 30.3 Å². The van der Waals surface area contributed by atoms with E-state index in [0.717, 1.165) is 5.56 Å². The average Bonchev–Trinajstić information content (AvgIpc) is 2.15. The van der Waals surface area contributed by atoms with E-state index in [1.165, 1.54) is 6.92 Å². The lowest BCUT2D eigenvalue weighted by molar-refractivity contribution is 0.0705. The number of aliphatic hydroxyl groups excluding tert-OH is 1. The molecule has 72 valence electrons. The van der Waals surface area contributed by atoms with Crippen LogP contribution in [0.1, 0.15) is 12.5 Å². The van der Waals surface area contributed by atoms with E-state index in [-0.39, 0.29) is 0 Å². The summed E-state index contributed by atoms with van der Waals surface area (Å²) in [5.41, 5.74) is 1.01. The number of nitrogens with one attached hydrogen (secondary N) is 1. The van der Waals surface area contributed by atoms with Crippen molar-refractivity contribution in [1.29, 1.82) is 0 Å². The number of aliphatic hydroxyl groups is 1. The van der Waals surface area contributed by atoms with E-state index >= 15 is 0 Å². The molecule has 0 aromatic heterocycles. The largest absolute Gasteiger partial charge is 0.389 e. The topological polar surface area (TPSA) is 32.3 Å². The molecule has 1 aromatic carbocycles. The van der Waals surface area contributed by atoms with Crippen LogP contribution in [0.25, 0.3) is 0 Å². The second-order valence-electron chi connectivity index (χ2n) is 3.01. The number of alkyl halides is 1. The summed E-state index contributed by atoms with van der Waals surface area (Å²) in [6, 6.07) is 9.51. The molecule has 3 heteroatoms. The molecular weight excluding hydrogens is 169 g/mol. The summed E-state index contributed by atoms with van der Waals surface area (Å²) in [4.78, 5) is 0. The fraction of sp³-hybridized carbons (Fsp3) is 0.400. The van der Waals surface area contributed by atoms with Gasteiger partial charge in [0.15, 0.2) is 6.30 Å². The van der Waals surface area contributed by atoms with Crippen molar-refractivity contribution in [2.24, 2.45) is 0 Å². The van der Waals surface area contributed by atoms with E-state index in [4.69, 9.17) is 5.11 Å². The summed E-state index contributed by atoms with van der Waals surface area (Å²) in [7, 11) is 0. The smallest absolute Gasteiger partial charge is 0.177 e. The third kappa shape index (κ3) is 3.53. The maximum Gasteiger partial charge on any atom is 0.177 e. The Morgan fingerprint density at radius 3 is 2.54 bits per heavy atom. The van der Waals surface area contributed by atoms with Crippen LogP contribution in [0.2, 0.25) is 0 Å². The van der Waals surface area contributed by atoms with E-state index in [9.17, 15) is 4.39 Å². The highest BCUT2D eigenvalue weighted by Crippen LogP contribution is 2.00. The van der Waals surface area contributed by atoms with E-state index in [1.54, 1.807) is 0 Å². The van der Waals surface area contributed by atoms with Crippen molar-refractivity contribution >= 4 is 0 Å². The van der Waals surface area contributed by atoms with Gasteiger partial charge in [-0.15, -0.1) is 0 Å². The van der Waals surface area contributed by atoms with Gasteiger partial charge in [-0.3, -0.25) is 5.32 Å². The Labute approximate surface area is 77.4 Å². The number of benzene rings is 1. The molecule has 0 aliphatic rings. The molecule has 0 bridgehead atoms. The van der Waals surface area contributed by atoms with Crippen molar-refractivity contribution in [3.63, 3.8) is 0 Å². The standard InChI is InChI=1S/C10H14FNO/c1-8(13)10(11)12-7-9-5-3-2-4-6-9/h2-6,8,10,12-13H,7H2,1H3. The van der Waals surface area contributed by atoms with Gasteiger partial charge in [0.05, 0.1) is 6.10 Å². The lowest BCUT2D eigenvalue weighted by atomic mass is 10.2. The molecule has 2 atom stereocenters. The van der Waals surface area contributed by atoms with Crippen molar-refractivity contribution in [2.45, 2.75) is 25.9 Å². The van der Waals surface area contributed by atoms with Crippen molar-refractivity contribution < 1.29 is 9.50 Å². The molecule has 0 fully saturated rings. The Hall–Kier alpha value is -0.930. The maximum atomic E-state index is 12.9. The van der Waals surface area contributed by atoms with E-state index < -0.39 is 12.4 Å². The van der Waals surface area contributed by atoms with E-state index in [0.29, 0.717) is 6.54 Å².